The summed E-state index contributed by atoms with van der Waals surface area (Å²) >= 11 is 0. The topological polar surface area (TPSA) is 78.2 Å². The van der Waals surface area contributed by atoms with E-state index in [2.05, 4.69) is 9.97 Å². The van der Waals surface area contributed by atoms with E-state index in [1.54, 1.807) is 41.2 Å². The SMILES string of the molecule is COc1cc(-c2cnc3cc(OCCN(C)c4ccccn4)ccn23)cc(OC(F)F)c1C(=O)CC1CC1. The Balaban J connectivity index is 1.37. The van der Waals surface area contributed by atoms with Gasteiger partial charge in [-0.1, -0.05) is 6.07 Å². The number of fused-ring (bicyclic) bond motifs is 1. The third kappa shape index (κ3) is 5.69. The monoisotopic (exact) mass is 522 g/mol. The van der Waals surface area contributed by atoms with Crippen LogP contribution in [0.15, 0.2) is 61.1 Å². The van der Waals surface area contributed by atoms with Gasteiger partial charge in [0.05, 0.1) is 25.5 Å². The fourth-order valence-electron chi connectivity index (χ4n) is 4.31. The largest absolute Gasteiger partial charge is 0.496 e. The van der Waals surface area contributed by atoms with Crippen molar-refractivity contribution in [1.82, 2.24) is 14.4 Å². The molecule has 5 rings (SSSR count). The summed E-state index contributed by atoms with van der Waals surface area (Å²) in [5.74, 6) is 1.51. The molecule has 1 saturated carbocycles. The number of alkyl halides is 2. The van der Waals surface area contributed by atoms with E-state index in [1.165, 1.54) is 13.2 Å². The Bertz CT molecular complexity index is 1420. The molecule has 10 heteroatoms. The van der Waals surface area contributed by atoms with E-state index in [4.69, 9.17) is 14.2 Å². The summed E-state index contributed by atoms with van der Waals surface area (Å²) in [5, 5.41) is 0. The van der Waals surface area contributed by atoms with E-state index in [-0.39, 0.29) is 35.2 Å². The molecule has 0 atom stereocenters. The molecule has 0 spiro atoms. The second-order valence-electron chi connectivity index (χ2n) is 9.19. The molecule has 1 aliphatic carbocycles. The molecular weight excluding hydrogens is 494 g/mol. The van der Waals surface area contributed by atoms with Gasteiger partial charge in [0.1, 0.15) is 40.9 Å². The Kier molecular flexibility index (Phi) is 7.39. The Morgan fingerprint density at radius 3 is 2.68 bits per heavy atom. The zero-order chi connectivity index (χ0) is 26.6. The van der Waals surface area contributed by atoms with Crippen LogP contribution in [-0.4, -0.2) is 54.1 Å². The van der Waals surface area contributed by atoms with E-state index in [0.29, 0.717) is 35.8 Å². The normalized spacial score (nSPS) is 13.1. The fraction of sp³-hybridized carbons (Fsp3) is 0.321. The number of Topliss-reactive ketones (excluding diaryl/α,β-unsaturated/α-hetero) is 1. The first kappa shape index (κ1) is 25.4. The molecule has 1 aliphatic rings. The van der Waals surface area contributed by atoms with Gasteiger partial charge < -0.3 is 19.1 Å². The summed E-state index contributed by atoms with van der Waals surface area (Å²) in [6.07, 6.45) is 7.37. The van der Waals surface area contributed by atoms with Gasteiger partial charge in [-0.2, -0.15) is 8.78 Å². The first-order valence-corrected chi connectivity index (χ1v) is 12.4. The Hall–Kier alpha value is -4.21. The number of carbonyl (C=O) groups excluding carboxylic acids is 1. The quantitative estimate of drug-likeness (QED) is 0.227. The van der Waals surface area contributed by atoms with Crippen LogP contribution in [0, 0.1) is 5.92 Å². The molecule has 0 aliphatic heterocycles. The van der Waals surface area contributed by atoms with Crippen molar-refractivity contribution in [3.63, 3.8) is 0 Å². The second-order valence-corrected chi connectivity index (χ2v) is 9.19. The standard InChI is InChI=1S/C28H28F2N4O4/c1-33(25-5-3-4-9-31-25)11-12-37-20-8-10-34-21(17-32-26(34)16-20)19-14-23(36-2)27(22(35)13-18-6-7-18)24(15-19)38-28(29)30/h3-5,8-10,14-18,28H,6-7,11-13H2,1-2H3. The maximum absolute atomic E-state index is 13.3. The van der Waals surface area contributed by atoms with Crippen molar-refractivity contribution < 1.29 is 27.8 Å². The number of benzene rings is 1. The van der Waals surface area contributed by atoms with Crippen LogP contribution in [0.4, 0.5) is 14.6 Å². The average molecular weight is 523 g/mol. The number of likely N-dealkylation sites (N-methyl/N-ethyl adjacent to an activating group) is 1. The van der Waals surface area contributed by atoms with Crippen LogP contribution in [0.25, 0.3) is 16.9 Å². The summed E-state index contributed by atoms with van der Waals surface area (Å²) in [6, 6.07) is 12.4. The van der Waals surface area contributed by atoms with Crippen LogP contribution in [0.1, 0.15) is 29.6 Å². The van der Waals surface area contributed by atoms with Crippen LogP contribution < -0.4 is 19.1 Å². The molecule has 0 unspecified atom stereocenters. The summed E-state index contributed by atoms with van der Waals surface area (Å²) < 4.78 is 44.5. The van der Waals surface area contributed by atoms with Crippen molar-refractivity contribution in [2.24, 2.45) is 5.92 Å². The van der Waals surface area contributed by atoms with Crippen LogP contribution >= 0.6 is 0 Å². The highest BCUT2D eigenvalue weighted by molar-refractivity contribution is 6.02. The number of anilines is 1. The molecule has 8 nitrogen and oxygen atoms in total. The molecule has 1 fully saturated rings. The van der Waals surface area contributed by atoms with Gasteiger partial charge in [-0.05, 0) is 49.1 Å². The van der Waals surface area contributed by atoms with Crippen LogP contribution in [0.3, 0.4) is 0 Å². The number of methoxy groups -OCH3 is 1. The van der Waals surface area contributed by atoms with E-state index in [1.807, 2.05) is 30.1 Å². The number of aromatic nitrogens is 3. The molecule has 4 aromatic rings. The van der Waals surface area contributed by atoms with Crippen LogP contribution in [0.5, 0.6) is 17.2 Å². The second kappa shape index (κ2) is 11.0. The van der Waals surface area contributed by atoms with Gasteiger partial charge in [-0.25, -0.2) is 9.97 Å². The number of hydrogen-bond donors (Lipinski definition) is 0. The van der Waals surface area contributed by atoms with Gasteiger partial charge in [0, 0.05) is 37.5 Å². The highest BCUT2D eigenvalue weighted by Gasteiger charge is 2.29. The van der Waals surface area contributed by atoms with Crippen molar-refractivity contribution >= 4 is 17.2 Å². The first-order chi connectivity index (χ1) is 18.4. The van der Waals surface area contributed by atoms with Crippen molar-refractivity contribution in [3.05, 3.63) is 66.6 Å². The van der Waals surface area contributed by atoms with Gasteiger partial charge >= 0.3 is 6.61 Å². The number of carbonyl (C=O) groups is 1. The molecule has 3 heterocycles. The molecule has 0 bridgehead atoms. The summed E-state index contributed by atoms with van der Waals surface area (Å²) in [5.41, 5.74) is 1.81. The number of rotatable bonds is 12. The first-order valence-electron chi connectivity index (χ1n) is 12.4. The molecular formula is C28H28F2N4O4. The van der Waals surface area contributed by atoms with Gasteiger partial charge in [0.25, 0.3) is 0 Å². The Labute approximate surface area is 218 Å². The maximum Gasteiger partial charge on any atom is 0.387 e. The van der Waals surface area contributed by atoms with Crippen LogP contribution in [-0.2, 0) is 0 Å². The Morgan fingerprint density at radius 1 is 1.16 bits per heavy atom. The number of ether oxygens (including phenoxy) is 3. The number of pyridine rings is 2. The van der Waals surface area contributed by atoms with Crippen LogP contribution in [0.2, 0.25) is 0 Å². The molecule has 1 aromatic carbocycles. The van der Waals surface area contributed by atoms with Gasteiger partial charge in [-0.3, -0.25) is 9.20 Å². The van der Waals surface area contributed by atoms with E-state index in [9.17, 15) is 13.6 Å². The third-order valence-corrected chi connectivity index (χ3v) is 6.47. The van der Waals surface area contributed by atoms with E-state index in [0.717, 1.165) is 18.7 Å². The minimum absolute atomic E-state index is 0.0450. The highest BCUT2D eigenvalue weighted by Crippen LogP contribution is 2.40. The molecule has 0 saturated heterocycles. The third-order valence-electron chi connectivity index (χ3n) is 6.47. The van der Waals surface area contributed by atoms with Gasteiger partial charge in [0.2, 0.25) is 0 Å². The molecule has 0 radical (unpaired) electrons. The van der Waals surface area contributed by atoms with Crippen molar-refractivity contribution in [2.45, 2.75) is 25.9 Å². The average Bonchev–Trinajstić information content (AvgIpc) is 3.63. The molecule has 198 valence electrons. The number of imidazole rings is 1. The lowest BCUT2D eigenvalue weighted by molar-refractivity contribution is -0.0502. The molecule has 3 aromatic heterocycles. The zero-order valence-electron chi connectivity index (χ0n) is 21.1. The van der Waals surface area contributed by atoms with E-state index < -0.39 is 6.61 Å². The minimum Gasteiger partial charge on any atom is -0.496 e. The summed E-state index contributed by atoms with van der Waals surface area (Å²) in [7, 11) is 3.35. The maximum atomic E-state index is 13.3. The molecule has 0 N–H and O–H groups in total. The van der Waals surface area contributed by atoms with E-state index >= 15 is 0 Å². The highest BCUT2D eigenvalue weighted by atomic mass is 19.3. The molecule has 0 amide bonds. The Morgan fingerprint density at radius 2 is 1.97 bits per heavy atom. The van der Waals surface area contributed by atoms with Crippen molar-refractivity contribution in [3.8, 4) is 28.5 Å². The van der Waals surface area contributed by atoms with Crippen molar-refractivity contribution in [2.75, 3.05) is 32.2 Å². The molecule has 38 heavy (non-hydrogen) atoms. The predicted molar refractivity (Wildman–Crippen MR) is 138 cm³/mol. The summed E-state index contributed by atoms with van der Waals surface area (Å²) in [6.45, 7) is -2.00. The number of halogens is 2. The summed E-state index contributed by atoms with van der Waals surface area (Å²) in [4.78, 5) is 23.7. The van der Waals surface area contributed by atoms with Crippen molar-refractivity contribution in [1.29, 1.82) is 0 Å². The smallest absolute Gasteiger partial charge is 0.387 e. The number of hydrogen-bond acceptors (Lipinski definition) is 7. The lowest BCUT2D eigenvalue weighted by atomic mass is 10.00. The fourth-order valence-corrected chi connectivity index (χ4v) is 4.31. The van der Waals surface area contributed by atoms with Gasteiger partial charge in [-0.15, -0.1) is 0 Å². The number of ketones is 1. The number of nitrogens with zero attached hydrogens (tertiary/aromatic N) is 4. The van der Waals surface area contributed by atoms with Gasteiger partial charge in [0.15, 0.2) is 5.78 Å². The minimum atomic E-state index is -3.08. The zero-order valence-corrected chi connectivity index (χ0v) is 21.1. The lowest BCUT2D eigenvalue weighted by Gasteiger charge is -2.18. The lowest BCUT2D eigenvalue weighted by Crippen LogP contribution is -2.24. The predicted octanol–water partition coefficient (Wildman–Crippen LogP) is 5.50.